The molecule has 3 nitrogen and oxygen atoms in total. The molecule has 19 heavy (non-hydrogen) atoms. The molecular formula is C14H19N3S2. The maximum absolute atomic E-state index is 4.23. The second kappa shape index (κ2) is 7.96. The maximum Gasteiger partial charge on any atom is 0.190 e. The van der Waals surface area contributed by atoms with Gasteiger partial charge in [-0.2, -0.15) is 0 Å². The van der Waals surface area contributed by atoms with Crippen molar-refractivity contribution >= 4 is 28.6 Å². The van der Waals surface area contributed by atoms with E-state index in [0.29, 0.717) is 0 Å². The van der Waals surface area contributed by atoms with Crippen LogP contribution in [-0.4, -0.2) is 26.1 Å². The molecular weight excluding hydrogens is 274 g/mol. The fourth-order valence-electron chi connectivity index (χ4n) is 1.74. The normalized spacial score (nSPS) is 10.2. The van der Waals surface area contributed by atoms with E-state index in [9.17, 15) is 0 Å². The first-order valence-corrected chi connectivity index (χ1v) is 8.13. The molecule has 0 spiro atoms. The fraction of sp³-hybridized carbons (Fsp3) is 0.357. The predicted octanol–water partition coefficient (Wildman–Crippen LogP) is 2.76. The van der Waals surface area contributed by atoms with Crippen molar-refractivity contribution < 1.29 is 0 Å². The van der Waals surface area contributed by atoms with Crippen molar-refractivity contribution in [1.82, 2.24) is 10.6 Å². The molecule has 0 aliphatic heterocycles. The summed E-state index contributed by atoms with van der Waals surface area (Å²) in [4.78, 5) is 7.04. The van der Waals surface area contributed by atoms with Crippen LogP contribution in [0.1, 0.15) is 9.75 Å². The number of thiophene rings is 2. The third-order valence-electron chi connectivity index (χ3n) is 2.71. The number of rotatable bonds is 6. The molecule has 5 heteroatoms. The lowest BCUT2D eigenvalue weighted by Crippen LogP contribution is -2.39. The van der Waals surface area contributed by atoms with Crippen LogP contribution >= 0.6 is 22.7 Å². The second-order valence-corrected chi connectivity index (χ2v) is 6.15. The monoisotopic (exact) mass is 293 g/mol. The fourth-order valence-corrected chi connectivity index (χ4v) is 3.16. The molecule has 0 aliphatic carbocycles. The van der Waals surface area contributed by atoms with Gasteiger partial charge < -0.3 is 10.6 Å². The molecule has 2 heterocycles. The molecule has 2 rings (SSSR count). The van der Waals surface area contributed by atoms with Crippen molar-refractivity contribution in [3.8, 4) is 0 Å². The Kier molecular flexibility index (Phi) is 5.91. The van der Waals surface area contributed by atoms with E-state index in [-0.39, 0.29) is 0 Å². The Morgan fingerprint density at radius 2 is 1.53 bits per heavy atom. The molecule has 102 valence electrons. The summed E-state index contributed by atoms with van der Waals surface area (Å²) in [6.07, 6.45) is 2.09. The Hall–Kier alpha value is -1.33. The first-order chi connectivity index (χ1) is 9.38. The minimum absolute atomic E-state index is 0.883. The van der Waals surface area contributed by atoms with Gasteiger partial charge in [0, 0.05) is 29.9 Å². The minimum Gasteiger partial charge on any atom is -0.356 e. The summed E-state index contributed by atoms with van der Waals surface area (Å²) < 4.78 is 0. The molecule has 0 bridgehead atoms. The van der Waals surface area contributed by atoms with Crippen molar-refractivity contribution in [3.63, 3.8) is 0 Å². The molecule has 0 saturated carbocycles. The van der Waals surface area contributed by atoms with Crippen molar-refractivity contribution in [2.75, 3.05) is 20.1 Å². The van der Waals surface area contributed by atoms with Gasteiger partial charge in [-0.25, -0.2) is 0 Å². The Labute approximate surface area is 122 Å². The molecule has 0 saturated heterocycles. The van der Waals surface area contributed by atoms with Gasteiger partial charge in [0.05, 0.1) is 0 Å². The van der Waals surface area contributed by atoms with Crippen molar-refractivity contribution in [2.24, 2.45) is 4.99 Å². The van der Waals surface area contributed by atoms with Crippen LogP contribution in [0.3, 0.4) is 0 Å². The zero-order valence-electron chi connectivity index (χ0n) is 11.1. The van der Waals surface area contributed by atoms with Crippen molar-refractivity contribution in [1.29, 1.82) is 0 Å². The maximum atomic E-state index is 4.23. The number of guanidine groups is 1. The van der Waals surface area contributed by atoms with Crippen LogP contribution in [-0.2, 0) is 12.8 Å². The van der Waals surface area contributed by atoms with Crippen LogP contribution < -0.4 is 10.6 Å². The summed E-state index contributed by atoms with van der Waals surface area (Å²) in [7, 11) is 1.81. The number of nitrogens with zero attached hydrogens (tertiary/aromatic N) is 1. The van der Waals surface area contributed by atoms with Crippen LogP contribution in [0, 0.1) is 0 Å². The summed E-state index contributed by atoms with van der Waals surface area (Å²) in [6, 6.07) is 8.51. The van der Waals surface area contributed by atoms with E-state index < -0.39 is 0 Å². The highest BCUT2D eigenvalue weighted by molar-refractivity contribution is 7.10. The zero-order valence-corrected chi connectivity index (χ0v) is 12.7. The van der Waals surface area contributed by atoms with E-state index in [1.807, 2.05) is 7.05 Å². The van der Waals surface area contributed by atoms with Crippen LogP contribution in [0.5, 0.6) is 0 Å². The smallest absolute Gasteiger partial charge is 0.190 e. The Balaban J connectivity index is 1.63. The van der Waals surface area contributed by atoms with Crippen LogP contribution in [0.2, 0.25) is 0 Å². The molecule has 2 N–H and O–H groups in total. The first kappa shape index (κ1) is 14.1. The zero-order chi connectivity index (χ0) is 13.3. The molecule has 0 aromatic carbocycles. The molecule has 0 amide bonds. The van der Waals surface area contributed by atoms with E-state index in [1.165, 1.54) is 9.75 Å². The molecule has 0 radical (unpaired) electrons. The standard InChI is InChI=1S/C14H19N3S2/c1-15-14(16-8-6-12-4-2-10-18-12)17-9-7-13-5-3-11-19-13/h2-5,10-11H,6-9H2,1H3,(H2,15,16,17). The van der Waals surface area contributed by atoms with Gasteiger partial charge in [-0.15, -0.1) is 22.7 Å². The van der Waals surface area contributed by atoms with Gasteiger partial charge in [-0.3, -0.25) is 4.99 Å². The summed E-state index contributed by atoms with van der Waals surface area (Å²) in [5.74, 6) is 0.883. The number of aliphatic imine (C=N–C) groups is 1. The molecule has 2 aromatic rings. The molecule has 0 aliphatic rings. The highest BCUT2D eigenvalue weighted by atomic mass is 32.1. The number of nitrogens with one attached hydrogen (secondary N) is 2. The average molecular weight is 293 g/mol. The topological polar surface area (TPSA) is 36.4 Å². The number of hydrogen-bond donors (Lipinski definition) is 2. The van der Waals surface area contributed by atoms with Crippen LogP contribution in [0.15, 0.2) is 40.0 Å². The van der Waals surface area contributed by atoms with Gasteiger partial charge in [0.25, 0.3) is 0 Å². The Morgan fingerprint density at radius 3 is 1.89 bits per heavy atom. The van der Waals surface area contributed by atoms with E-state index in [2.05, 4.69) is 50.7 Å². The molecule has 0 fully saturated rings. The Bertz CT molecular complexity index is 433. The third kappa shape index (κ3) is 5.04. The molecule has 0 unspecified atom stereocenters. The third-order valence-corrected chi connectivity index (χ3v) is 4.58. The summed E-state index contributed by atoms with van der Waals surface area (Å²) in [5, 5.41) is 10.9. The highest BCUT2D eigenvalue weighted by Gasteiger charge is 1.99. The lowest BCUT2D eigenvalue weighted by Gasteiger charge is -2.10. The summed E-state index contributed by atoms with van der Waals surface area (Å²) >= 11 is 3.60. The largest absolute Gasteiger partial charge is 0.356 e. The summed E-state index contributed by atoms with van der Waals surface area (Å²) in [6.45, 7) is 1.83. The summed E-state index contributed by atoms with van der Waals surface area (Å²) in [5.41, 5.74) is 0. The van der Waals surface area contributed by atoms with Gasteiger partial charge in [-0.05, 0) is 35.7 Å². The number of hydrogen-bond acceptors (Lipinski definition) is 3. The van der Waals surface area contributed by atoms with E-state index in [4.69, 9.17) is 0 Å². The van der Waals surface area contributed by atoms with E-state index in [0.717, 1.165) is 31.9 Å². The van der Waals surface area contributed by atoms with Gasteiger partial charge in [0.1, 0.15) is 0 Å². The average Bonchev–Trinajstić information content (AvgIpc) is 3.10. The van der Waals surface area contributed by atoms with Crippen molar-refractivity contribution in [2.45, 2.75) is 12.8 Å². The van der Waals surface area contributed by atoms with Gasteiger partial charge in [0.2, 0.25) is 0 Å². The quantitative estimate of drug-likeness (QED) is 0.635. The van der Waals surface area contributed by atoms with Crippen LogP contribution in [0.4, 0.5) is 0 Å². The first-order valence-electron chi connectivity index (χ1n) is 6.38. The SMILES string of the molecule is CN=C(NCCc1cccs1)NCCc1cccs1. The van der Waals surface area contributed by atoms with E-state index >= 15 is 0 Å². The lowest BCUT2D eigenvalue weighted by atomic mass is 10.3. The second-order valence-electron chi connectivity index (χ2n) is 4.08. The van der Waals surface area contributed by atoms with Gasteiger partial charge in [0.15, 0.2) is 5.96 Å². The molecule has 0 atom stereocenters. The highest BCUT2D eigenvalue weighted by Crippen LogP contribution is 2.08. The van der Waals surface area contributed by atoms with Gasteiger partial charge in [-0.1, -0.05) is 12.1 Å². The minimum atomic E-state index is 0.883. The Morgan fingerprint density at radius 1 is 1.00 bits per heavy atom. The van der Waals surface area contributed by atoms with Gasteiger partial charge >= 0.3 is 0 Å². The van der Waals surface area contributed by atoms with E-state index in [1.54, 1.807) is 22.7 Å². The van der Waals surface area contributed by atoms with Crippen molar-refractivity contribution in [3.05, 3.63) is 44.8 Å². The molecule has 2 aromatic heterocycles. The predicted molar refractivity (Wildman–Crippen MR) is 85.4 cm³/mol. The lowest BCUT2D eigenvalue weighted by molar-refractivity contribution is 0.791. The van der Waals surface area contributed by atoms with Crippen LogP contribution in [0.25, 0.3) is 0 Å².